The third-order valence-corrected chi connectivity index (χ3v) is 2.48. The van der Waals surface area contributed by atoms with Gasteiger partial charge >= 0.3 is 0 Å². The molecule has 0 aliphatic rings. The van der Waals surface area contributed by atoms with Crippen LogP contribution in [0.15, 0.2) is 24.3 Å². The predicted octanol–water partition coefficient (Wildman–Crippen LogP) is 2.90. The first-order chi connectivity index (χ1) is 7.63. The second-order valence-corrected chi connectivity index (χ2v) is 4.00. The summed E-state index contributed by atoms with van der Waals surface area (Å²) < 4.78 is 18.1. The first-order valence-electron chi connectivity index (χ1n) is 5.72. The fourth-order valence-corrected chi connectivity index (χ4v) is 1.62. The maximum atomic E-state index is 12.7. The van der Waals surface area contributed by atoms with E-state index in [1.54, 1.807) is 12.1 Å². The van der Waals surface area contributed by atoms with Crippen molar-refractivity contribution in [3.8, 4) is 0 Å². The van der Waals surface area contributed by atoms with Crippen molar-refractivity contribution >= 4 is 0 Å². The molecule has 0 fully saturated rings. The maximum absolute atomic E-state index is 12.7. The van der Waals surface area contributed by atoms with E-state index in [1.165, 1.54) is 12.1 Å². The monoisotopic (exact) mass is 225 g/mol. The summed E-state index contributed by atoms with van der Waals surface area (Å²) >= 11 is 0. The van der Waals surface area contributed by atoms with E-state index >= 15 is 0 Å². The number of benzene rings is 1. The standard InChI is InChI=1S/C13H20FNO/c1-4-16-9-10(2)15-11(3)12-5-7-13(14)8-6-12/h5-8,10-11,15H,4,9H2,1-3H3/t10?,11-/m1/s1. The van der Waals surface area contributed by atoms with Crippen molar-refractivity contribution in [3.63, 3.8) is 0 Å². The predicted molar refractivity (Wildman–Crippen MR) is 63.9 cm³/mol. The molecule has 0 heterocycles. The Morgan fingerprint density at radius 3 is 2.44 bits per heavy atom. The highest BCUT2D eigenvalue weighted by Gasteiger charge is 2.09. The molecule has 2 atom stereocenters. The molecule has 0 radical (unpaired) electrons. The molecule has 1 rings (SSSR count). The largest absolute Gasteiger partial charge is 0.380 e. The van der Waals surface area contributed by atoms with Gasteiger partial charge in [0, 0.05) is 18.7 Å². The lowest BCUT2D eigenvalue weighted by Gasteiger charge is -2.20. The Morgan fingerprint density at radius 1 is 1.25 bits per heavy atom. The van der Waals surface area contributed by atoms with Crippen LogP contribution in [0, 0.1) is 5.82 Å². The van der Waals surface area contributed by atoms with Crippen LogP contribution in [0.5, 0.6) is 0 Å². The van der Waals surface area contributed by atoms with Gasteiger partial charge in [-0.1, -0.05) is 12.1 Å². The fraction of sp³-hybridized carbons (Fsp3) is 0.538. The third-order valence-electron chi connectivity index (χ3n) is 2.48. The van der Waals surface area contributed by atoms with E-state index in [-0.39, 0.29) is 11.9 Å². The molecule has 0 aliphatic carbocycles. The zero-order chi connectivity index (χ0) is 12.0. The lowest BCUT2D eigenvalue weighted by molar-refractivity contribution is 0.124. The first-order valence-corrected chi connectivity index (χ1v) is 5.72. The minimum Gasteiger partial charge on any atom is -0.380 e. The molecule has 1 unspecified atom stereocenters. The van der Waals surface area contributed by atoms with Crippen molar-refractivity contribution in [1.82, 2.24) is 5.32 Å². The third kappa shape index (κ3) is 4.29. The number of ether oxygens (including phenoxy) is 1. The summed E-state index contributed by atoms with van der Waals surface area (Å²) in [7, 11) is 0. The van der Waals surface area contributed by atoms with Crippen molar-refractivity contribution in [3.05, 3.63) is 35.6 Å². The molecule has 3 heteroatoms. The molecule has 0 saturated heterocycles. The van der Waals surface area contributed by atoms with Crippen LogP contribution in [-0.2, 0) is 4.74 Å². The van der Waals surface area contributed by atoms with E-state index in [0.717, 1.165) is 12.2 Å². The van der Waals surface area contributed by atoms with Gasteiger partial charge in [-0.05, 0) is 38.5 Å². The van der Waals surface area contributed by atoms with E-state index < -0.39 is 0 Å². The van der Waals surface area contributed by atoms with Crippen molar-refractivity contribution < 1.29 is 9.13 Å². The number of nitrogens with one attached hydrogen (secondary N) is 1. The van der Waals surface area contributed by atoms with Crippen LogP contribution >= 0.6 is 0 Å². The van der Waals surface area contributed by atoms with Crippen LogP contribution in [0.1, 0.15) is 32.4 Å². The van der Waals surface area contributed by atoms with E-state index in [4.69, 9.17) is 4.74 Å². The highest BCUT2D eigenvalue weighted by Crippen LogP contribution is 2.13. The summed E-state index contributed by atoms with van der Waals surface area (Å²) in [5.74, 6) is -0.196. The van der Waals surface area contributed by atoms with Crippen molar-refractivity contribution in [2.75, 3.05) is 13.2 Å². The quantitative estimate of drug-likeness (QED) is 0.803. The van der Waals surface area contributed by atoms with Gasteiger partial charge in [0.05, 0.1) is 6.61 Å². The molecule has 0 aliphatic heterocycles. The van der Waals surface area contributed by atoms with Crippen molar-refractivity contribution in [2.45, 2.75) is 32.9 Å². The van der Waals surface area contributed by atoms with E-state index in [0.29, 0.717) is 12.6 Å². The van der Waals surface area contributed by atoms with Crippen LogP contribution in [0.25, 0.3) is 0 Å². The molecule has 0 amide bonds. The molecule has 1 aromatic rings. The molecule has 2 nitrogen and oxygen atoms in total. The molecular weight excluding hydrogens is 205 g/mol. The van der Waals surface area contributed by atoms with Gasteiger partial charge in [0.1, 0.15) is 5.82 Å². The van der Waals surface area contributed by atoms with E-state index in [2.05, 4.69) is 19.2 Å². The summed E-state index contributed by atoms with van der Waals surface area (Å²) in [4.78, 5) is 0. The van der Waals surface area contributed by atoms with E-state index in [9.17, 15) is 4.39 Å². The van der Waals surface area contributed by atoms with Gasteiger partial charge in [-0.2, -0.15) is 0 Å². The number of hydrogen-bond acceptors (Lipinski definition) is 2. The maximum Gasteiger partial charge on any atom is 0.123 e. The minimum atomic E-state index is -0.196. The van der Waals surface area contributed by atoms with Crippen LogP contribution in [0.4, 0.5) is 4.39 Å². The topological polar surface area (TPSA) is 21.3 Å². The molecule has 1 N–H and O–H groups in total. The van der Waals surface area contributed by atoms with Gasteiger partial charge in [-0.15, -0.1) is 0 Å². The zero-order valence-electron chi connectivity index (χ0n) is 10.2. The molecule has 0 saturated carbocycles. The molecule has 0 bridgehead atoms. The Balaban J connectivity index is 2.45. The van der Waals surface area contributed by atoms with Crippen molar-refractivity contribution in [2.24, 2.45) is 0 Å². The van der Waals surface area contributed by atoms with Gasteiger partial charge < -0.3 is 10.1 Å². The van der Waals surface area contributed by atoms with Crippen LogP contribution < -0.4 is 5.32 Å². The Morgan fingerprint density at radius 2 is 1.88 bits per heavy atom. The lowest BCUT2D eigenvalue weighted by Crippen LogP contribution is -2.32. The highest BCUT2D eigenvalue weighted by atomic mass is 19.1. The minimum absolute atomic E-state index is 0.196. The SMILES string of the molecule is CCOCC(C)N[C@H](C)c1ccc(F)cc1. The summed E-state index contributed by atoms with van der Waals surface area (Å²) in [5.41, 5.74) is 1.09. The molecule has 0 spiro atoms. The molecular formula is C13H20FNO. The van der Waals surface area contributed by atoms with Crippen LogP contribution in [-0.4, -0.2) is 19.3 Å². The summed E-state index contributed by atoms with van der Waals surface area (Å²) in [5, 5.41) is 3.40. The van der Waals surface area contributed by atoms with Gasteiger partial charge in [0.25, 0.3) is 0 Å². The van der Waals surface area contributed by atoms with E-state index in [1.807, 2.05) is 6.92 Å². The Labute approximate surface area is 96.8 Å². The van der Waals surface area contributed by atoms with Gasteiger partial charge in [0.2, 0.25) is 0 Å². The number of rotatable bonds is 6. The van der Waals surface area contributed by atoms with Gasteiger partial charge in [-0.3, -0.25) is 0 Å². The second kappa shape index (κ2) is 6.61. The second-order valence-electron chi connectivity index (χ2n) is 4.00. The molecule has 16 heavy (non-hydrogen) atoms. The molecule has 90 valence electrons. The summed E-state index contributed by atoms with van der Waals surface area (Å²) in [6.07, 6.45) is 0. The molecule has 1 aromatic carbocycles. The Bertz CT molecular complexity index is 299. The number of hydrogen-bond donors (Lipinski definition) is 1. The lowest BCUT2D eigenvalue weighted by atomic mass is 10.1. The molecule has 0 aromatic heterocycles. The summed E-state index contributed by atoms with van der Waals surface area (Å²) in [6, 6.07) is 7.08. The van der Waals surface area contributed by atoms with Crippen LogP contribution in [0.3, 0.4) is 0 Å². The number of halogens is 1. The smallest absolute Gasteiger partial charge is 0.123 e. The van der Waals surface area contributed by atoms with Crippen molar-refractivity contribution in [1.29, 1.82) is 0 Å². The normalized spacial score (nSPS) is 14.8. The average molecular weight is 225 g/mol. The Hall–Kier alpha value is -0.930. The fourth-order valence-electron chi connectivity index (χ4n) is 1.62. The zero-order valence-corrected chi connectivity index (χ0v) is 10.2. The first kappa shape index (κ1) is 13.1. The summed E-state index contributed by atoms with van der Waals surface area (Å²) in [6.45, 7) is 7.56. The van der Waals surface area contributed by atoms with Crippen LogP contribution in [0.2, 0.25) is 0 Å². The Kier molecular flexibility index (Phi) is 5.43. The van der Waals surface area contributed by atoms with Gasteiger partial charge in [0.15, 0.2) is 0 Å². The average Bonchev–Trinajstić information content (AvgIpc) is 2.27. The highest BCUT2D eigenvalue weighted by molar-refractivity contribution is 5.19. The van der Waals surface area contributed by atoms with Gasteiger partial charge in [-0.25, -0.2) is 4.39 Å².